The Labute approximate surface area is 116 Å². The highest BCUT2D eigenvalue weighted by Crippen LogP contribution is 2.37. The maximum absolute atomic E-state index is 12.5. The van der Waals surface area contributed by atoms with Crippen molar-refractivity contribution in [3.63, 3.8) is 0 Å². The van der Waals surface area contributed by atoms with E-state index < -0.39 is 5.41 Å². The fourth-order valence-corrected chi connectivity index (χ4v) is 3.32. The number of esters is 1. The smallest absolute Gasteiger partial charge is 0.313 e. The zero-order chi connectivity index (χ0) is 13.9. The molecule has 0 spiro atoms. The SMILES string of the molecule is COC1CCCC(OC(=O)C2(C)CCCCC2N)C1. The first kappa shape index (κ1) is 14.8. The van der Waals surface area contributed by atoms with Gasteiger partial charge in [-0.3, -0.25) is 4.79 Å². The lowest BCUT2D eigenvalue weighted by molar-refractivity contribution is -0.167. The van der Waals surface area contributed by atoms with E-state index in [0.29, 0.717) is 0 Å². The number of carbonyl (C=O) groups excluding carboxylic acids is 1. The summed E-state index contributed by atoms with van der Waals surface area (Å²) in [6.45, 7) is 1.97. The van der Waals surface area contributed by atoms with Crippen LogP contribution in [0.4, 0.5) is 0 Å². The van der Waals surface area contributed by atoms with E-state index in [1.165, 1.54) is 0 Å². The second kappa shape index (κ2) is 6.23. The molecular formula is C15H27NO3. The Morgan fingerprint density at radius 1 is 1.16 bits per heavy atom. The zero-order valence-corrected chi connectivity index (χ0v) is 12.2. The van der Waals surface area contributed by atoms with Gasteiger partial charge in [0.05, 0.1) is 11.5 Å². The minimum absolute atomic E-state index is 0.0113. The number of rotatable bonds is 3. The van der Waals surface area contributed by atoms with Gasteiger partial charge in [-0.2, -0.15) is 0 Å². The average Bonchev–Trinajstić information content (AvgIpc) is 2.42. The molecule has 2 N–H and O–H groups in total. The zero-order valence-electron chi connectivity index (χ0n) is 12.2. The Bertz CT molecular complexity index is 321. The summed E-state index contributed by atoms with van der Waals surface area (Å²) in [5.74, 6) is -0.0959. The molecule has 2 aliphatic carbocycles. The maximum Gasteiger partial charge on any atom is 0.313 e. The Morgan fingerprint density at radius 2 is 1.89 bits per heavy atom. The van der Waals surface area contributed by atoms with E-state index in [2.05, 4.69) is 0 Å². The van der Waals surface area contributed by atoms with Crippen LogP contribution in [0.15, 0.2) is 0 Å². The lowest BCUT2D eigenvalue weighted by Gasteiger charge is -2.39. The van der Waals surface area contributed by atoms with E-state index in [1.54, 1.807) is 7.11 Å². The van der Waals surface area contributed by atoms with Crippen molar-refractivity contribution in [3.05, 3.63) is 0 Å². The summed E-state index contributed by atoms with van der Waals surface area (Å²) < 4.78 is 11.1. The lowest BCUT2D eigenvalue weighted by Crippen LogP contribution is -2.49. The summed E-state index contributed by atoms with van der Waals surface area (Å²) >= 11 is 0. The molecule has 19 heavy (non-hydrogen) atoms. The quantitative estimate of drug-likeness (QED) is 0.799. The molecule has 4 atom stereocenters. The molecule has 2 saturated carbocycles. The minimum Gasteiger partial charge on any atom is -0.462 e. The lowest BCUT2D eigenvalue weighted by atomic mass is 9.72. The van der Waals surface area contributed by atoms with Crippen LogP contribution in [0.1, 0.15) is 58.3 Å². The molecule has 2 fully saturated rings. The Kier molecular flexibility index (Phi) is 4.85. The maximum atomic E-state index is 12.5. The van der Waals surface area contributed by atoms with Crippen molar-refractivity contribution in [1.29, 1.82) is 0 Å². The Hall–Kier alpha value is -0.610. The number of ether oxygens (including phenoxy) is 2. The van der Waals surface area contributed by atoms with Crippen LogP contribution < -0.4 is 5.73 Å². The van der Waals surface area contributed by atoms with Crippen LogP contribution in [-0.2, 0) is 14.3 Å². The minimum atomic E-state index is -0.488. The first-order chi connectivity index (χ1) is 9.06. The molecule has 2 rings (SSSR count). The molecule has 0 aromatic rings. The van der Waals surface area contributed by atoms with Gasteiger partial charge in [0.1, 0.15) is 6.10 Å². The normalized spacial score (nSPS) is 39.8. The van der Waals surface area contributed by atoms with Crippen molar-refractivity contribution >= 4 is 5.97 Å². The van der Waals surface area contributed by atoms with Crippen LogP contribution in [0.2, 0.25) is 0 Å². The molecule has 0 amide bonds. The molecule has 0 aliphatic heterocycles. The standard InChI is InChI=1S/C15H27NO3/c1-15(9-4-3-8-13(15)16)14(17)19-12-7-5-6-11(10-12)18-2/h11-13H,3-10,16H2,1-2H3. The van der Waals surface area contributed by atoms with Gasteiger partial charge < -0.3 is 15.2 Å². The predicted molar refractivity (Wildman–Crippen MR) is 73.7 cm³/mol. The van der Waals surface area contributed by atoms with Crippen LogP contribution in [0, 0.1) is 5.41 Å². The highest BCUT2D eigenvalue weighted by Gasteiger charge is 2.43. The van der Waals surface area contributed by atoms with Crippen molar-refractivity contribution in [1.82, 2.24) is 0 Å². The Balaban J connectivity index is 1.92. The van der Waals surface area contributed by atoms with Gasteiger partial charge in [0.15, 0.2) is 0 Å². The molecule has 0 aromatic carbocycles. The largest absolute Gasteiger partial charge is 0.462 e. The van der Waals surface area contributed by atoms with Gasteiger partial charge in [0.2, 0.25) is 0 Å². The Morgan fingerprint density at radius 3 is 2.58 bits per heavy atom. The summed E-state index contributed by atoms with van der Waals surface area (Å²) in [4.78, 5) is 12.5. The third-order valence-corrected chi connectivity index (χ3v) is 4.93. The van der Waals surface area contributed by atoms with Crippen molar-refractivity contribution in [2.45, 2.75) is 76.5 Å². The third-order valence-electron chi connectivity index (χ3n) is 4.93. The predicted octanol–water partition coefficient (Wildman–Crippen LogP) is 2.39. The van der Waals surface area contributed by atoms with E-state index in [0.717, 1.165) is 51.4 Å². The summed E-state index contributed by atoms with van der Waals surface area (Å²) in [6.07, 6.45) is 8.15. The van der Waals surface area contributed by atoms with Gasteiger partial charge in [0, 0.05) is 19.6 Å². The summed E-state index contributed by atoms with van der Waals surface area (Å²) in [7, 11) is 1.73. The topological polar surface area (TPSA) is 61.5 Å². The van der Waals surface area contributed by atoms with Gasteiger partial charge in [-0.05, 0) is 39.0 Å². The third kappa shape index (κ3) is 3.29. The van der Waals surface area contributed by atoms with E-state index in [1.807, 2.05) is 6.92 Å². The van der Waals surface area contributed by atoms with Crippen LogP contribution in [-0.4, -0.2) is 31.3 Å². The first-order valence-electron chi connectivity index (χ1n) is 7.55. The first-order valence-corrected chi connectivity index (χ1v) is 7.55. The number of nitrogens with two attached hydrogens (primary N) is 1. The summed E-state index contributed by atoms with van der Waals surface area (Å²) in [6, 6.07) is -0.0597. The highest BCUT2D eigenvalue weighted by atomic mass is 16.5. The number of hydrogen-bond acceptors (Lipinski definition) is 4. The van der Waals surface area contributed by atoms with Gasteiger partial charge in [-0.25, -0.2) is 0 Å². The van der Waals surface area contributed by atoms with Crippen LogP contribution in [0.3, 0.4) is 0 Å². The van der Waals surface area contributed by atoms with Crippen LogP contribution in [0.25, 0.3) is 0 Å². The van der Waals surface area contributed by atoms with Gasteiger partial charge in [0.25, 0.3) is 0 Å². The van der Waals surface area contributed by atoms with E-state index >= 15 is 0 Å². The number of methoxy groups -OCH3 is 1. The van der Waals surface area contributed by atoms with Gasteiger partial charge in [-0.15, -0.1) is 0 Å². The van der Waals surface area contributed by atoms with Crippen LogP contribution in [0.5, 0.6) is 0 Å². The van der Waals surface area contributed by atoms with Crippen LogP contribution >= 0.6 is 0 Å². The molecule has 4 unspecified atom stereocenters. The highest BCUT2D eigenvalue weighted by molar-refractivity contribution is 5.77. The monoisotopic (exact) mass is 269 g/mol. The summed E-state index contributed by atoms with van der Waals surface area (Å²) in [5, 5.41) is 0. The second-order valence-electron chi connectivity index (χ2n) is 6.32. The van der Waals surface area contributed by atoms with Crippen molar-refractivity contribution < 1.29 is 14.3 Å². The summed E-state index contributed by atoms with van der Waals surface area (Å²) in [5.41, 5.74) is 5.66. The number of carbonyl (C=O) groups is 1. The van der Waals surface area contributed by atoms with Gasteiger partial charge in [-0.1, -0.05) is 12.8 Å². The molecule has 0 aromatic heterocycles. The molecule has 0 bridgehead atoms. The fraction of sp³-hybridized carbons (Fsp3) is 0.933. The molecule has 2 aliphatic rings. The molecule has 0 radical (unpaired) electrons. The average molecular weight is 269 g/mol. The van der Waals surface area contributed by atoms with E-state index in [4.69, 9.17) is 15.2 Å². The van der Waals surface area contributed by atoms with Gasteiger partial charge >= 0.3 is 5.97 Å². The van der Waals surface area contributed by atoms with Crippen molar-refractivity contribution in [2.24, 2.45) is 11.1 Å². The van der Waals surface area contributed by atoms with Crippen molar-refractivity contribution in [3.8, 4) is 0 Å². The van der Waals surface area contributed by atoms with Crippen molar-refractivity contribution in [2.75, 3.05) is 7.11 Å². The fourth-order valence-electron chi connectivity index (χ4n) is 3.32. The second-order valence-corrected chi connectivity index (χ2v) is 6.32. The number of hydrogen-bond donors (Lipinski definition) is 1. The molecule has 4 nitrogen and oxygen atoms in total. The van der Waals surface area contributed by atoms with E-state index in [-0.39, 0.29) is 24.2 Å². The molecule has 0 heterocycles. The molecular weight excluding hydrogens is 242 g/mol. The molecule has 4 heteroatoms. The molecule has 110 valence electrons. The van der Waals surface area contributed by atoms with E-state index in [9.17, 15) is 4.79 Å². The molecule has 0 saturated heterocycles.